The molecule has 0 spiro atoms. The molecule has 0 aromatic heterocycles. The molecule has 0 aromatic carbocycles. The summed E-state index contributed by atoms with van der Waals surface area (Å²) in [6, 6.07) is 0.438. The van der Waals surface area contributed by atoms with Crippen LogP contribution >= 0.6 is 0 Å². The Hall–Kier alpha value is -0.650. The maximum absolute atomic E-state index is 11.7. The van der Waals surface area contributed by atoms with Crippen molar-refractivity contribution in [1.82, 2.24) is 4.90 Å². The number of nitrogens with two attached hydrogens (primary N) is 1. The minimum Gasteiger partial charge on any atom is -0.468 e. The molecule has 1 saturated heterocycles. The fourth-order valence-electron chi connectivity index (χ4n) is 3.47. The third-order valence-electron chi connectivity index (χ3n) is 4.68. The molecule has 5 heteroatoms. The summed E-state index contributed by atoms with van der Waals surface area (Å²) < 4.78 is 10.0. The number of carbonyl (C=O) groups excluding carboxylic acids is 1. The number of methoxy groups -OCH3 is 2. The van der Waals surface area contributed by atoms with E-state index in [1.165, 1.54) is 20.0 Å². The first-order valence-corrected chi connectivity index (χ1v) is 7.19. The molecule has 2 fully saturated rings. The summed E-state index contributed by atoms with van der Waals surface area (Å²) >= 11 is 0. The zero-order valence-electron chi connectivity index (χ0n) is 12.1. The number of rotatable bonds is 4. The zero-order valence-corrected chi connectivity index (χ0v) is 12.1. The maximum atomic E-state index is 11.7. The van der Waals surface area contributed by atoms with E-state index in [0.29, 0.717) is 12.0 Å². The summed E-state index contributed by atoms with van der Waals surface area (Å²) in [5.41, 5.74) is 5.40. The summed E-state index contributed by atoms with van der Waals surface area (Å²) in [7, 11) is 3.18. The first kappa shape index (κ1) is 14.8. The van der Waals surface area contributed by atoms with Crippen molar-refractivity contribution in [3.63, 3.8) is 0 Å². The molecular formula is C14H26N2O3. The second kappa shape index (κ2) is 6.20. The highest BCUT2D eigenvalue weighted by Gasteiger charge is 2.45. The van der Waals surface area contributed by atoms with Gasteiger partial charge in [0.2, 0.25) is 0 Å². The van der Waals surface area contributed by atoms with Gasteiger partial charge in [-0.15, -0.1) is 0 Å². The molecule has 0 radical (unpaired) electrons. The summed E-state index contributed by atoms with van der Waals surface area (Å²) in [5.74, 6) is 0.426. The van der Waals surface area contributed by atoms with Gasteiger partial charge in [-0.2, -0.15) is 0 Å². The molecule has 0 amide bonds. The Morgan fingerprint density at radius 1 is 1.32 bits per heavy atom. The fraction of sp³-hybridized carbons (Fsp3) is 0.929. The fourth-order valence-corrected chi connectivity index (χ4v) is 3.47. The average Bonchev–Trinajstić information content (AvgIpc) is 2.83. The lowest BCUT2D eigenvalue weighted by atomic mass is 9.95. The Labute approximate surface area is 115 Å². The van der Waals surface area contributed by atoms with Gasteiger partial charge in [-0.3, -0.25) is 4.79 Å². The van der Waals surface area contributed by atoms with Gasteiger partial charge in [0.15, 0.2) is 0 Å². The van der Waals surface area contributed by atoms with Crippen LogP contribution in [0.25, 0.3) is 0 Å². The van der Waals surface area contributed by atoms with E-state index in [2.05, 4.69) is 4.90 Å². The lowest BCUT2D eigenvalue weighted by Gasteiger charge is -2.36. The van der Waals surface area contributed by atoms with Gasteiger partial charge in [-0.05, 0) is 51.1 Å². The van der Waals surface area contributed by atoms with Crippen LogP contribution in [-0.2, 0) is 14.3 Å². The van der Waals surface area contributed by atoms with E-state index in [9.17, 15) is 4.79 Å². The van der Waals surface area contributed by atoms with Crippen molar-refractivity contribution in [2.75, 3.05) is 33.9 Å². The Bertz CT molecular complexity index is 316. The quantitative estimate of drug-likeness (QED) is 0.764. The Kier molecular flexibility index (Phi) is 4.81. The molecule has 2 rings (SSSR count). The molecule has 0 aromatic rings. The second-order valence-electron chi connectivity index (χ2n) is 5.98. The van der Waals surface area contributed by atoms with E-state index in [-0.39, 0.29) is 5.97 Å². The van der Waals surface area contributed by atoms with E-state index < -0.39 is 5.54 Å². The maximum Gasteiger partial charge on any atom is 0.325 e. The highest BCUT2D eigenvalue weighted by atomic mass is 16.5. The minimum atomic E-state index is -0.761. The molecule has 1 saturated carbocycles. The number of nitrogens with zero attached hydrogens (tertiary/aromatic N) is 1. The van der Waals surface area contributed by atoms with E-state index in [1.807, 2.05) is 0 Å². The molecule has 1 heterocycles. The topological polar surface area (TPSA) is 64.8 Å². The average molecular weight is 270 g/mol. The number of carbonyl (C=O) groups is 1. The monoisotopic (exact) mass is 270 g/mol. The van der Waals surface area contributed by atoms with Gasteiger partial charge in [0.25, 0.3) is 0 Å². The molecule has 2 N–H and O–H groups in total. The van der Waals surface area contributed by atoms with Crippen LogP contribution in [0.2, 0.25) is 0 Å². The number of esters is 1. The Morgan fingerprint density at radius 2 is 2.00 bits per heavy atom. The van der Waals surface area contributed by atoms with Gasteiger partial charge in [-0.25, -0.2) is 0 Å². The number of piperidine rings is 1. The van der Waals surface area contributed by atoms with Gasteiger partial charge >= 0.3 is 5.97 Å². The number of hydrogen-bond donors (Lipinski definition) is 1. The second-order valence-corrected chi connectivity index (χ2v) is 5.98. The summed E-state index contributed by atoms with van der Waals surface area (Å²) in [4.78, 5) is 14.2. The number of likely N-dealkylation sites (tertiary alicyclic amines) is 1. The van der Waals surface area contributed by atoms with Crippen LogP contribution in [0.4, 0.5) is 0 Å². The zero-order chi connectivity index (χ0) is 13.9. The van der Waals surface area contributed by atoms with Crippen LogP contribution in [0.3, 0.4) is 0 Å². The molecule has 1 aliphatic heterocycles. The lowest BCUT2D eigenvalue weighted by molar-refractivity contribution is -0.147. The normalized spacial score (nSPS) is 33.5. The molecule has 110 valence electrons. The van der Waals surface area contributed by atoms with Gasteiger partial charge in [-0.1, -0.05) is 0 Å². The first-order valence-electron chi connectivity index (χ1n) is 7.19. The van der Waals surface area contributed by atoms with E-state index in [4.69, 9.17) is 15.2 Å². The van der Waals surface area contributed by atoms with Crippen LogP contribution in [0.5, 0.6) is 0 Å². The summed E-state index contributed by atoms with van der Waals surface area (Å²) in [6.45, 7) is 3.05. The van der Waals surface area contributed by atoms with Crippen LogP contribution in [-0.4, -0.2) is 56.4 Å². The molecule has 2 atom stereocenters. The smallest absolute Gasteiger partial charge is 0.325 e. The summed E-state index contributed by atoms with van der Waals surface area (Å²) in [6.07, 6.45) is 4.83. The molecule has 5 nitrogen and oxygen atoms in total. The minimum absolute atomic E-state index is 0.260. The van der Waals surface area contributed by atoms with Crippen molar-refractivity contribution in [3.05, 3.63) is 0 Å². The van der Waals surface area contributed by atoms with Gasteiger partial charge in [0, 0.05) is 19.8 Å². The molecule has 19 heavy (non-hydrogen) atoms. The van der Waals surface area contributed by atoms with E-state index >= 15 is 0 Å². The van der Waals surface area contributed by atoms with Crippen molar-refractivity contribution in [2.45, 2.75) is 43.7 Å². The van der Waals surface area contributed by atoms with Crippen molar-refractivity contribution < 1.29 is 14.3 Å². The van der Waals surface area contributed by atoms with Crippen LogP contribution in [0, 0.1) is 5.92 Å². The van der Waals surface area contributed by atoms with Crippen molar-refractivity contribution >= 4 is 5.97 Å². The van der Waals surface area contributed by atoms with Crippen molar-refractivity contribution in [1.29, 1.82) is 0 Å². The molecular weight excluding hydrogens is 244 g/mol. The number of hydrogen-bond acceptors (Lipinski definition) is 5. The summed E-state index contributed by atoms with van der Waals surface area (Å²) in [5, 5.41) is 0. The van der Waals surface area contributed by atoms with Gasteiger partial charge < -0.3 is 20.1 Å². The Balaban J connectivity index is 1.84. The molecule has 1 aliphatic carbocycles. The third kappa shape index (κ3) is 3.27. The van der Waals surface area contributed by atoms with Crippen LogP contribution < -0.4 is 5.73 Å². The Morgan fingerprint density at radius 3 is 2.58 bits per heavy atom. The van der Waals surface area contributed by atoms with Gasteiger partial charge in [0.05, 0.1) is 7.11 Å². The first-order chi connectivity index (χ1) is 9.09. The highest BCUT2D eigenvalue weighted by Crippen LogP contribution is 2.34. The predicted molar refractivity (Wildman–Crippen MR) is 72.7 cm³/mol. The van der Waals surface area contributed by atoms with E-state index in [1.54, 1.807) is 7.11 Å². The number of ether oxygens (including phenoxy) is 2. The van der Waals surface area contributed by atoms with E-state index in [0.717, 1.165) is 39.0 Å². The largest absolute Gasteiger partial charge is 0.468 e. The lowest BCUT2D eigenvalue weighted by Crippen LogP contribution is -2.49. The standard InChI is InChI=1S/C14H26N2O3/c1-18-10-11-4-7-16(8-5-11)12-3-6-14(15,9-12)13(17)19-2/h11-12H,3-10,15H2,1-2H3. The van der Waals surface area contributed by atoms with Crippen molar-refractivity contribution in [2.24, 2.45) is 11.7 Å². The molecule has 2 unspecified atom stereocenters. The molecule has 0 bridgehead atoms. The SMILES string of the molecule is COCC1CCN(C2CCC(N)(C(=O)OC)C2)CC1. The molecule has 2 aliphatic rings. The van der Waals surface area contributed by atoms with Crippen molar-refractivity contribution in [3.8, 4) is 0 Å². The highest BCUT2D eigenvalue weighted by molar-refractivity contribution is 5.81. The van der Waals surface area contributed by atoms with Crippen LogP contribution in [0.1, 0.15) is 32.1 Å². The van der Waals surface area contributed by atoms with Gasteiger partial charge in [0.1, 0.15) is 5.54 Å². The van der Waals surface area contributed by atoms with Crippen LogP contribution in [0.15, 0.2) is 0 Å². The predicted octanol–water partition coefficient (Wildman–Crippen LogP) is 0.768. The third-order valence-corrected chi connectivity index (χ3v) is 4.68.